The van der Waals surface area contributed by atoms with Crippen LogP contribution in [0.1, 0.15) is 49.9 Å². The van der Waals surface area contributed by atoms with Crippen molar-refractivity contribution in [3.05, 3.63) is 29.8 Å². The third-order valence-corrected chi connectivity index (χ3v) is 4.04. The normalized spacial score (nSPS) is 17.4. The zero-order valence-corrected chi connectivity index (χ0v) is 13.3. The molecular formula is C18H27NO2. The number of hydrogen-bond donors (Lipinski definition) is 0. The Labute approximate surface area is 128 Å². The number of Topliss-reactive ketones (excluding diaryl/α,β-unsaturated/α-hetero) is 1. The molecule has 1 atom stereocenters. The Morgan fingerprint density at radius 3 is 2.48 bits per heavy atom. The molecule has 0 saturated carbocycles. The third kappa shape index (κ3) is 4.85. The van der Waals surface area contributed by atoms with Crippen LogP contribution in [0.4, 0.5) is 0 Å². The lowest BCUT2D eigenvalue weighted by atomic mass is 9.98. The van der Waals surface area contributed by atoms with Crippen LogP contribution in [0, 0.1) is 5.92 Å². The second kappa shape index (κ2) is 8.18. The number of nitrogens with zero attached hydrogens (tertiary/aromatic N) is 1. The Balaban J connectivity index is 1.88. The van der Waals surface area contributed by atoms with Crippen molar-refractivity contribution in [2.24, 2.45) is 5.92 Å². The molecule has 1 fully saturated rings. The first-order chi connectivity index (χ1) is 10.2. The van der Waals surface area contributed by atoms with E-state index in [1.54, 1.807) is 0 Å². The minimum absolute atomic E-state index is 0.0607. The van der Waals surface area contributed by atoms with E-state index in [0.717, 1.165) is 44.0 Å². The predicted molar refractivity (Wildman–Crippen MR) is 86.0 cm³/mol. The number of carbonyl (C=O) groups excluding carboxylic acids is 1. The van der Waals surface area contributed by atoms with Gasteiger partial charge in [0.25, 0.3) is 0 Å². The fourth-order valence-electron chi connectivity index (χ4n) is 2.83. The lowest BCUT2D eigenvalue weighted by molar-refractivity contribution is 0.0883. The number of piperidine rings is 1. The van der Waals surface area contributed by atoms with Gasteiger partial charge in [-0.25, -0.2) is 0 Å². The van der Waals surface area contributed by atoms with Crippen LogP contribution >= 0.6 is 0 Å². The van der Waals surface area contributed by atoms with Gasteiger partial charge in [-0.05, 0) is 56.6 Å². The lowest BCUT2D eigenvalue weighted by Crippen LogP contribution is -2.35. The van der Waals surface area contributed by atoms with Crippen molar-refractivity contribution in [2.75, 3.05) is 26.2 Å². The van der Waals surface area contributed by atoms with E-state index in [4.69, 9.17) is 4.74 Å². The van der Waals surface area contributed by atoms with Crippen LogP contribution in [0.5, 0.6) is 5.75 Å². The van der Waals surface area contributed by atoms with E-state index < -0.39 is 0 Å². The first kappa shape index (κ1) is 16.0. The minimum atomic E-state index is 0.0607. The molecular weight excluding hydrogens is 262 g/mol. The van der Waals surface area contributed by atoms with Gasteiger partial charge >= 0.3 is 0 Å². The maximum Gasteiger partial charge on any atom is 0.166 e. The Hall–Kier alpha value is -1.35. The molecule has 0 N–H and O–H groups in total. The third-order valence-electron chi connectivity index (χ3n) is 4.04. The summed E-state index contributed by atoms with van der Waals surface area (Å²) in [6, 6.07) is 7.58. The summed E-state index contributed by atoms with van der Waals surface area (Å²) in [4.78, 5) is 14.9. The number of hydrogen-bond acceptors (Lipinski definition) is 3. The molecule has 0 bridgehead atoms. The van der Waals surface area contributed by atoms with Crippen LogP contribution in [-0.2, 0) is 0 Å². The van der Waals surface area contributed by atoms with Crippen LogP contribution in [-0.4, -0.2) is 36.9 Å². The van der Waals surface area contributed by atoms with Gasteiger partial charge < -0.3 is 9.64 Å². The van der Waals surface area contributed by atoms with Gasteiger partial charge in [0, 0.05) is 18.0 Å². The fourth-order valence-corrected chi connectivity index (χ4v) is 2.83. The van der Waals surface area contributed by atoms with Crippen molar-refractivity contribution >= 4 is 5.78 Å². The molecule has 3 nitrogen and oxygen atoms in total. The highest BCUT2D eigenvalue weighted by Gasteiger charge is 2.19. The fraction of sp³-hybridized carbons (Fsp3) is 0.611. The van der Waals surface area contributed by atoms with Gasteiger partial charge in [0.1, 0.15) is 5.75 Å². The number of ether oxygens (including phenoxy) is 1. The molecule has 0 amide bonds. The highest BCUT2D eigenvalue weighted by atomic mass is 16.5. The predicted octanol–water partition coefficient (Wildman–Crippen LogP) is 3.78. The van der Waals surface area contributed by atoms with Crippen molar-refractivity contribution in [2.45, 2.75) is 39.5 Å². The van der Waals surface area contributed by atoms with Gasteiger partial charge in [-0.15, -0.1) is 0 Å². The molecule has 1 aromatic rings. The molecule has 0 radical (unpaired) electrons. The van der Waals surface area contributed by atoms with E-state index in [0.29, 0.717) is 0 Å². The summed E-state index contributed by atoms with van der Waals surface area (Å²) >= 11 is 0. The minimum Gasteiger partial charge on any atom is -0.494 e. The summed E-state index contributed by atoms with van der Waals surface area (Å²) in [7, 11) is 0. The van der Waals surface area contributed by atoms with E-state index in [1.165, 1.54) is 19.3 Å². The molecule has 1 aliphatic rings. The second-order valence-corrected chi connectivity index (χ2v) is 6.00. The SMILES string of the molecule is CCCOc1ccc(C(=O)C(C)CN2CCCCC2)cc1. The maximum absolute atomic E-state index is 12.5. The topological polar surface area (TPSA) is 29.5 Å². The average molecular weight is 289 g/mol. The molecule has 116 valence electrons. The van der Waals surface area contributed by atoms with Gasteiger partial charge in [0.05, 0.1) is 6.61 Å². The molecule has 1 aromatic carbocycles. The van der Waals surface area contributed by atoms with Crippen LogP contribution in [0.2, 0.25) is 0 Å². The standard InChI is InChI=1S/C18H27NO2/c1-3-13-21-17-9-7-16(8-10-17)18(20)15(2)14-19-11-5-4-6-12-19/h7-10,15H,3-6,11-14H2,1-2H3. The Morgan fingerprint density at radius 1 is 1.19 bits per heavy atom. The van der Waals surface area contributed by atoms with Gasteiger partial charge in [-0.1, -0.05) is 20.3 Å². The molecule has 21 heavy (non-hydrogen) atoms. The van der Waals surface area contributed by atoms with Crippen molar-refractivity contribution in [1.82, 2.24) is 4.90 Å². The van der Waals surface area contributed by atoms with Crippen LogP contribution in [0.15, 0.2) is 24.3 Å². The lowest BCUT2D eigenvalue weighted by Gasteiger charge is -2.28. The van der Waals surface area contributed by atoms with Gasteiger partial charge in [0.2, 0.25) is 0 Å². The van der Waals surface area contributed by atoms with E-state index in [1.807, 2.05) is 31.2 Å². The largest absolute Gasteiger partial charge is 0.494 e. The number of benzene rings is 1. The average Bonchev–Trinajstić information content (AvgIpc) is 2.53. The maximum atomic E-state index is 12.5. The zero-order valence-electron chi connectivity index (χ0n) is 13.3. The van der Waals surface area contributed by atoms with E-state index >= 15 is 0 Å². The van der Waals surface area contributed by atoms with E-state index in [-0.39, 0.29) is 11.7 Å². The van der Waals surface area contributed by atoms with Crippen LogP contribution < -0.4 is 4.74 Å². The number of ketones is 1. The Morgan fingerprint density at radius 2 is 1.86 bits per heavy atom. The van der Waals surface area contributed by atoms with Crippen molar-refractivity contribution < 1.29 is 9.53 Å². The summed E-state index contributed by atoms with van der Waals surface area (Å²) in [5.74, 6) is 1.14. The molecule has 0 spiro atoms. The molecule has 1 unspecified atom stereocenters. The summed E-state index contributed by atoms with van der Waals surface area (Å²) < 4.78 is 5.55. The van der Waals surface area contributed by atoms with E-state index in [9.17, 15) is 4.79 Å². The van der Waals surface area contributed by atoms with Gasteiger partial charge in [0.15, 0.2) is 5.78 Å². The van der Waals surface area contributed by atoms with Crippen molar-refractivity contribution in [3.8, 4) is 5.75 Å². The van der Waals surface area contributed by atoms with Crippen LogP contribution in [0.25, 0.3) is 0 Å². The highest BCUT2D eigenvalue weighted by Crippen LogP contribution is 2.17. The second-order valence-electron chi connectivity index (χ2n) is 6.00. The number of carbonyl (C=O) groups is 1. The molecule has 1 saturated heterocycles. The quantitative estimate of drug-likeness (QED) is 0.715. The van der Waals surface area contributed by atoms with Crippen molar-refractivity contribution in [3.63, 3.8) is 0 Å². The molecule has 1 heterocycles. The monoisotopic (exact) mass is 289 g/mol. The molecule has 3 heteroatoms. The zero-order chi connectivity index (χ0) is 15.1. The Bertz CT molecular complexity index is 435. The number of rotatable bonds is 7. The van der Waals surface area contributed by atoms with Crippen LogP contribution in [0.3, 0.4) is 0 Å². The Kier molecular flexibility index (Phi) is 6.24. The van der Waals surface area contributed by atoms with Crippen molar-refractivity contribution in [1.29, 1.82) is 0 Å². The van der Waals surface area contributed by atoms with Gasteiger partial charge in [-0.2, -0.15) is 0 Å². The highest BCUT2D eigenvalue weighted by molar-refractivity contribution is 5.97. The summed E-state index contributed by atoms with van der Waals surface area (Å²) in [6.45, 7) is 8.01. The molecule has 0 aromatic heterocycles. The summed E-state index contributed by atoms with van der Waals surface area (Å²) in [6.07, 6.45) is 4.86. The van der Waals surface area contributed by atoms with E-state index in [2.05, 4.69) is 11.8 Å². The molecule has 0 aliphatic carbocycles. The smallest absolute Gasteiger partial charge is 0.166 e. The number of likely N-dealkylation sites (tertiary alicyclic amines) is 1. The first-order valence-electron chi connectivity index (χ1n) is 8.20. The van der Waals surface area contributed by atoms with Gasteiger partial charge in [-0.3, -0.25) is 4.79 Å². The summed E-state index contributed by atoms with van der Waals surface area (Å²) in [5, 5.41) is 0. The summed E-state index contributed by atoms with van der Waals surface area (Å²) in [5.41, 5.74) is 0.795. The first-order valence-corrected chi connectivity index (χ1v) is 8.20. The molecule has 2 rings (SSSR count). The molecule has 1 aliphatic heterocycles.